The third-order valence-electron chi connectivity index (χ3n) is 5.03. The van der Waals surface area contributed by atoms with Crippen LogP contribution in [0.25, 0.3) is 0 Å². The maximum absolute atomic E-state index is 5.24. The van der Waals surface area contributed by atoms with Gasteiger partial charge in [0.15, 0.2) is 0 Å². The lowest BCUT2D eigenvalue weighted by Gasteiger charge is -2.30. The molecule has 0 radical (unpaired) electrons. The monoisotopic (exact) mass is 308 g/mol. The number of hydrogen-bond acceptors (Lipinski definition) is 4. The van der Waals surface area contributed by atoms with E-state index in [1.165, 1.54) is 55.6 Å². The number of thiazole rings is 1. The zero-order valence-electron chi connectivity index (χ0n) is 13.6. The Kier molecular flexibility index (Phi) is 4.40. The van der Waals surface area contributed by atoms with E-state index in [0.29, 0.717) is 5.41 Å². The first kappa shape index (κ1) is 15.4. The van der Waals surface area contributed by atoms with Crippen molar-refractivity contribution in [3.8, 4) is 0 Å². The highest BCUT2D eigenvalue weighted by atomic mass is 32.1. The number of rotatable bonds is 5. The quantitative estimate of drug-likeness (QED) is 0.843. The van der Waals surface area contributed by atoms with Gasteiger partial charge in [-0.3, -0.25) is 0 Å². The zero-order valence-corrected chi connectivity index (χ0v) is 14.4. The summed E-state index contributed by atoms with van der Waals surface area (Å²) in [4.78, 5) is 6.61. The Morgan fingerprint density at radius 1 is 1.24 bits per heavy atom. The van der Waals surface area contributed by atoms with Gasteiger partial charge in [-0.25, -0.2) is 4.98 Å². The molecule has 1 heterocycles. The molecule has 21 heavy (non-hydrogen) atoms. The molecule has 3 rings (SSSR count). The Bertz CT molecular complexity index is 473. The Morgan fingerprint density at radius 3 is 2.71 bits per heavy atom. The molecule has 0 aliphatic heterocycles. The summed E-state index contributed by atoms with van der Waals surface area (Å²) in [5, 5.41) is 5.14. The van der Waals surface area contributed by atoms with Crippen LogP contribution in [0, 0.1) is 5.41 Å². The first-order valence-electron chi connectivity index (χ1n) is 8.28. The minimum absolute atomic E-state index is 0.0873. The van der Waals surface area contributed by atoms with Crippen LogP contribution in [-0.2, 0) is 23.1 Å². The number of hydrogen-bond donors (Lipinski definition) is 1. The summed E-state index contributed by atoms with van der Waals surface area (Å²) in [5.41, 5.74) is 1.88. The summed E-state index contributed by atoms with van der Waals surface area (Å²) in [6.07, 6.45) is 8.74. The van der Waals surface area contributed by atoms with Crippen molar-refractivity contribution in [3.05, 3.63) is 15.6 Å². The van der Waals surface area contributed by atoms with E-state index in [-0.39, 0.29) is 5.54 Å². The van der Waals surface area contributed by atoms with Crippen molar-refractivity contribution in [3.63, 3.8) is 0 Å². The predicted octanol–water partition coefficient (Wildman–Crippen LogP) is 3.66. The van der Waals surface area contributed by atoms with Crippen LogP contribution in [0.5, 0.6) is 0 Å². The third-order valence-corrected chi connectivity index (χ3v) is 6.40. The summed E-state index contributed by atoms with van der Waals surface area (Å²) in [6.45, 7) is 6.46. The van der Waals surface area contributed by atoms with E-state index in [2.05, 4.69) is 19.2 Å². The molecule has 118 valence electrons. The maximum atomic E-state index is 5.24. The third kappa shape index (κ3) is 3.17. The van der Waals surface area contributed by atoms with E-state index in [1.807, 2.05) is 11.3 Å². The minimum atomic E-state index is 0.0873. The molecule has 0 spiro atoms. The van der Waals surface area contributed by atoms with Gasteiger partial charge >= 0.3 is 0 Å². The first-order chi connectivity index (χ1) is 10.0. The average Bonchev–Trinajstić information content (AvgIpc) is 3.01. The van der Waals surface area contributed by atoms with Crippen molar-refractivity contribution in [2.75, 3.05) is 20.3 Å². The van der Waals surface area contributed by atoms with Crippen LogP contribution in [0.2, 0.25) is 0 Å². The molecule has 1 fully saturated rings. The maximum Gasteiger partial charge on any atom is 0.113 e. The lowest BCUT2D eigenvalue weighted by Crippen LogP contribution is -2.42. The van der Waals surface area contributed by atoms with E-state index in [9.17, 15) is 0 Å². The van der Waals surface area contributed by atoms with Crippen LogP contribution in [-0.4, -0.2) is 25.2 Å². The van der Waals surface area contributed by atoms with Crippen LogP contribution in [0.4, 0.5) is 0 Å². The number of methoxy groups -OCH3 is 1. The van der Waals surface area contributed by atoms with Gasteiger partial charge in [-0.1, -0.05) is 13.8 Å². The Labute approximate surface area is 132 Å². The normalized spacial score (nSPS) is 27.8. The molecular weight excluding hydrogens is 280 g/mol. The molecule has 4 heteroatoms. The lowest BCUT2D eigenvalue weighted by molar-refractivity contribution is 0.180. The van der Waals surface area contributed by atoms with E-state index in [4.69, 9.17) is 9.72 Å². The highest BCUT2D eigenvalue weighted by Crippen LogP contribution is 2.50. The van der Waals surface area contributed by atoms with Crippen molar-refractivity contribution in [2.45, 2.75) is 64.3 Å². The minimum Gasteiger partial charge on any atom is -0.383 e. The van der Waals surface area contributed by atoms with Crippen molar-refractivity contribution in [1.82, 2.24) is 10.3 Å². The van der Waals surface area contributed by atoms with Gasteiger partial charge in [0.2, 0.25) is 0 Å². The molecule has 1 saturated carbocycles. The second-order valence-corrected chi connectivity index (χ2v) is 8.52. The van der Waals surface area contributed by atoms with Gasteiger partial charge in [0, 0.05) is 18.5 Å². The predicted molar refractivity (Wildman–Crippen MR) is 87.9 cm³/mol. The number of nitrogens with one attached hydrogen (secondary N) is 1. The van der Waals surface area contributed by atoms with Gasteiger partial charge < -0.3 is 10.1 Å². The SMILES string of the molecule is COCCNC1(c2nc3c(s2)CCCC3)CCC(C)(C)C1. The van der Waals surface area contributed by atoms with Crippen LogP contribution in [0.15, 0.2) is 0 Å². The fourth-order valence-corrected chi connectivity index (χ4v) is 5.25. The summed E-state index contributed by atoms with van der Waals surface area (Å²) in [6, 6.07) is 0. The second-order valence-electron chi connectivity index (χ2n) is 7.44. The van der Waals surface area contributed by atoms with E-state index in [1.54, 1.807) is 12.0 Å². The Morgan fingerprint density at radius 2 is 2.05 bits per heavy atom. The first-order valence-corrected chi connectivity index (χ1v) is 9.09. The molecular formula is C17H28N2OS. The van der Waals surface area contributed by atoms with Crippen molar-refractivity contribution >= 4 is 11.3 Å². The van der Waals surface area contributed by atoms with E-state index in [0.717, 1.165) is 13.2 Å². The highest BCUT2D eigenvalue weighted by Gasteiger charge is 2.46. The molecule has 1 atom stereocenters. The number of nitrogens with zero attached hydrogens (tertiary/aromatic N) is 1. The number of fused-ring (bicyclic) bond motifs is 1. The molecule has 2 aliphatic carbocycles. The van der Waals surface area contributed by atoms with Crippen molar-refractivity contribution in [1.29, 1.82) is 0 Å². The molecule has 2 aliphatic rings. The smallest absolute Gasteiger partial charge is 0.113 e. The van der Waals surface area contributed by atoms with Crippen molar-refractivity contribution < 1.29 is 4.74 Å². The lowest BCUT2D eigenvalue weighted by atomic mass is 9.88. The molecule has 0 aromatic carbocycles. The summed E-state index contributed by atoms with van der Waals surface area (Å²) in [7, 11) is 1.77. The van der Waals surface area contributed by atoms with Gasteiger partial charge in [-0.15, -0.1) is 11.3 Å². The van der Waals surface area contributed by atoms with Crippen molar-refractivity contribution in [2.24, 2.45) is 5.41 Å². The Hall–Kier alpha value is -0.450. The summed E-state index contributed by atoms with van der Waals surface area (Å²) < 4.78 is 5.24. The molecule has 1 unspecified atom stereocenters. The molecule has 0 amide bonds. The molecule has 1 aromatic rings. The fourth-order valence-electron chi connectivity index (χ4n) is 3.90. The van der Waals surface area contributed by atoms with Crippen LogP contribution in [0.3, 0.4) is 0 Å². The number of aromatic nitrogens is 1. The fraction of sp³-hybridized carbons (Fsp3) is 0.824. The van der Waals surface area contributed by atoms with Gasteiger partial charge in [0.1, 0.15) is 5.01 Å². The zero-order chi connectivity index (χ0) is 14.9. The summed E-state index contributed by atoms with van der Waals surface area (Å²) in [5.74, 6) is 0. The van der Waals surface area contributed by atoms with Crippen LogP contribution >= 0.6 is 11.3 Å². The largest absolute Gasteiger partial charge is 0.383 e. The van der Waals surface area contributed by atoms with E-state index >= 15 is 0 Å². The van der Waals surface area contributed by atoms with Gasteiger partial charge in [-0.05, 0) is 50.4 Å². The molecule has 1 N–H and O–H groups in total. The highest BCUT2D eigenvalue weighted by molar-refractivity contribution is 7.11. The van der Waals surface area contributed by atoms with Crippen LogP contribution in [0.1, 0.15) is 61.5 Å². The second kappa shape index (κ2) is 5.98. The van der Waals surface area contributed by atoms with E-state index < -0.39 is 0 Å². The van der Waals surface area contributed by atoms with Gasteiger partial charge in [-0.2, -0.15) is 0 Å². The molecule has 3 nitrogen and oxygen atoms in total. The number of aryl methyl sites for hydroxylation is 2. The Balaban J connectivity index is 1.86. The van der Waals surface area contributed by atoms with Crippen LogP contribution < -0.4 is 5.32 Å². The summed E-state index contributed by atoms with van der Waals surface area (Å²) >= 11 is 1.98. The average molecular weight is 308 g/mol. The topological polar surface area (TPSA) is 34.1 Å². The van der Waals surface area contributed by atoms with Gasteiger partial charge in [0.05, 0.1) is 17.8 Å². The molecule has 0 bridgehead atoms. The standard InChI is InChI=1S/C17H28N2OS/c1-16(2)8-9-17(12-16,18-10-11-20-3)15-19-13-6-4-5-7-14(13)21-15/h18H,4-12H2,1-3H3. The molecule has 0 saturated heterocycles. The molecule has 1 aromatic heterocycles. The number of ether oxygens (including phenoxy) is 1. The van der Waals surface area contributed by atoms with Gasteiger partial charge in [0.25, 0.3) is 0 Å².